The highest BCUT2D eigenvalue weighted by molar-refractivity contribution is 7.80. The molecule has 3 atom stereocenters. The number of hydrogen-bond acceptors (Lipinski definition) is 10. The zero-order valence-electron chi connectivity index (χ0n) is 13.2. The van der Waals surface area contributed by atoms with Crippen molar-refractivity contribution in [2.45, 2.75) is 18.3 Å². The van der Waals surface area contributed by atoms with Crippen molar-refractivity contribution in [2.24, 2.45) is 0 Å². The maximum Gasteiger partial charge on any atom is 0.398 e. The second-order valence-electron chi connectivity index (χ2n) is 5.76. The minimum Gasteiger partial charge on any atom is -0.508 e. The largest absolute Gasteiger partial charge is 0.508 e. The number of benzene rings is 2. The van der Waals surface area contributed by atoms with Crippen LogP contribution in [0.4, 0.5) is 0 Å². The van der Waals surface area contributed by atoms with Crippen LogP contribution in [-0.2, 0) is 14.6 Å². The predicted octanol–water partition coefficient (Wildman–Crippen LogP) is 0.570. The molecule has 0 radical (unpaired) electrons. The van der Waals surface area contributed by atoms with Crippen LogP contribution >= 0.6 is 0 Å². The van der Waals surface area contributed by atoms with Crippen molar-refractivity contribution in [2.75, 3.05) is 0 Å². The number of ether oxygens (including phenoxy) is 1. The van der Waals surface area contributed by atoms with Gasteiger partial charge in [0.25, 0.3) is 0 Å². The van der Waals surface area contributed by atoms with Gasteiger partial charge in [0, 0.05) is 17.7 Å². The highest BCUT2D eigenvalue weighted by Gasteiger charge is 2.43. The van der Waals surface area contributed by atoms with E-state index < -0.39 is 57.5 Å². The first-order valence-electron chi connectivity index (χ1n) is 7.29. The molecule has 0 spiro atoms. The lowest BCUT2D eigenvalue weighted by molar-refractivity contribution is -0.0612. The molecule has 3 rings (SSSR count). The Labute approximate surface area is 151 Å². The standard InChI is InChI=1S/C15H14O11S/c16-6-3-7(17)11-10(4-6)25-14(13(21)15(11)26-27(22,23)24)5-1-8(18)12(20)9(19)2-5/h1-4,13-21H,(H,22,23,24). The summed E-state index contributed by atoms with van der Waals surface area (Å²) in [5.41, 5.74) is -0.464. The maximum absolute atomic E-state index is 11.2. The van der Waals surface area contributed by atoms with Crippen LogP contribution in [0.2, 0.25) is 0 Å². The number of aromatic hydroxyl groups is 5. The Hall–Kier alpha value is -2.93. The molecule has 2 aromatic rings. The number of phenolic OH excluding ortho intramolecular Hbond substituents is 5. The van der Waals surface area contributed by atoms with Gasteiger partial charge in [0.2, 0.25) is 0 Å². The topological polar surface area (TPSA) is 194 Å². The van der Waals surface area contributed by atoms with Gasteiger partial charge in [-0.1, -0.05) is 0 Å². The summed E-state index contributed by atoms with van der Waals surface area (Å²) in [6, 6.07) is 3.70. The second-order valence-corrected chi connectivity index (χ2v) is 6.81. The van der Waals surface area contributed by atoms with E-state index in [-0.39, 0.29) is 16.9 Å². The maximum atomic E-state index is 11.2. The van der Waals surface area contributed by atoms with Crippen LogP contribution in [0.5, 0.6) is 34.5 Å². The fraction of sp³-hybridized carbons (Fsp3) is 0.200. The third kappa shape index (κ3) is 3.50. The Morgan fingerprint density at radius 1 is 0.926 bits per heavy atom. The molecule has 0 aromatic heterocycles. The van der Waals surface area contributed by atoms with Gasteiger partial charge in [-0.2, -0.15) is 8.42 Å². The van der Waals surface area contributed by atoms with E-state index in [1.165, 1.54) is 0 Å². The van der Waals surface area contributed by atoms with Crippen molar-refractivity contribution < 1.29 is 52.5 Å². The minimum absolute atomic E-state index is 0.104. The van der Waals surface area contributed by atoms with Gasteiger partial charge in [-0.15, -0.1) is 0 Å². The molecular formula is C15H14O11S. The molecule has 1 aliphatic rings. The van der Waals surface area contributed by atoms with E-state index in [9.17, 15) is 39.1 Å². The molecule has 3 unspecified atom stereocenters. The monoisotopic (exact) mass is 402 g/mol. The molecule has 1 heterocycles. The normalized spacial score (nSPS) is 22.1. The summed E-state index contributed by atoms with van der Waals surface area (Å²) in [7, 11) is -5.08. The summed E-state index contributed by atoms with van der Waals surface area (Å²) < 4.78 is 41.2. The van der Waals surface area contributed by atoms with Crippen molar-refractivity contribution in [3.05, 3.63) is 35.4 Å². The smallest absolute Gasteiger partial charge is 0.398 e. The van der Waals surface area contributed by atoms with Gasteiger partial charge in [-0.3, -0.25) is 4.55 Å². The number of phenols is 5. The molecule has 0 amide bonds. The van der Waals surface area contributed by atoms with E-state index in [4.69, 9.17) is 9.29 Å². The van der Waals surface area contributed by atoms with E-state index in [0.29, 0.717) is 0 Å². The van der Waals surface area contributed by atoms with E-state index in [2.05, 4.69) is 4.18 Å². The average Bonchev–Trinajstić information content (AvgIpc) is 2.53. The first-order valence-corrected chi connectivity index (χ1v) is 8.65. The van der Waals surface area contributed by atoms with Crippen LogP contribution in [0.3, 0.4) is 0 Å². The average molecular weight is 402 g/mol. The molecule has 0 saturated heterocycles. The highest BCUT2D eigenvalue weighted by Crippen LogP contribution is 2.50. The molecular weight excluding hydrogens is 388 g/mol. The lowest BCUT2D eigenvalue weighted by Gasteiger charge is -2.36. The van der Waals surface area contributed by atoms with Crippen molar-refractivity contribution in [3.63, 3.8) is 0 Å². The summed E-state index contributed by atoms with van der Waals surface area (Å²) in [4.78, 5) is 0. The van der Waals surface area contributed by atoms with E-state index in [1.807, 2.05) is 0 Å². The fourth-order valence-corrected chi connectivity index (χ4v) is 3.28. The number of fused-ring (bicyclic) bond motifs is 1. The van der Waals surface area contributed by atoms with Crippen molar-refractivity contribution >= 4 is 10.4 Å². The first kappa shape index (κ1) is 18.8. The molecule has 0 bridgehead atoms. The fourth-order valence-electron chi connectivity index (χ4n) is 2.81. The molecule has 7 N–H and O–H groups in total. The number of hydrogen-bond donors (Lipinski definition) is 7. The third-order valence-corrected chi connectivity index (χ3v) is 4.36. The zero-order chi connectivity index (χ0) is 20.1. The molecule has 12 heteroatoms. The summed E-state index contributed by atoms with van der Waals surface area (Å²) in [6.07, 6.45) is -5.20. The lowest BCUT2D eigenvalue weighted by atomic mass is 9.91. The van der Waals surface area contributed by atoms with Crippen molar-refractivity contribution in [1.29, 1.82) is 0 Å². The predicted molar refractivity (Wildman–Crippen MR) is 86.0 cm³/mol. The lowest BCUT2D eigenvalue weighted by Crippen LogP contribution is -2.36. The summed E-state index contributed by atoms with van der Waals surface area (Å²) in [5, 5.41) is 58.8. The molecule has 146 valence electrons. The van der Waals surface area contributed by atoms with Gasteiger partial charge in [0.15, 0.2) is 23.4 Å². The molecule has 0 fully saturated rings. The van der Waals surface area contributed by atoms with Crippen LogP contribution in [0, 0.1) is 0 Å². The SMILES string of the molecule is O=S(=O)(O)OC1c2c(O)cc(O)cc2OC(c2cc(O)c(O)c(O)c2)C1O. The zero-order valence-corrected chi connectivity index (χ0v) is 14.0. The number of rotatable bonds is 3. The Morgan fingerprint density at radius 2 is 1.52 bits per heavy atom. The van der Waals surface area contributed by atoms with Gasteiger partial charge in [0.05, 0.1) is 5.56 Å². The summed E-state index contributed by atoms with van der Waals surface area (Å²) >= 11 is 0. The Morgan fingerprint density at radius 3 is 2.07 bits per heavy atom. The Kier molecular flexibility index (Phi) is 4.43. The highest BCUT2D eigenvalue weighted by atomic mass is 32.3. The number of aliphatic hydroxyl groups is 1. The van der Waals surface area contributed by atoms with Crippen molar-refractivity contribution in [3.8, 4) is 34.5 Å². The van der Waals surface area contributed by atoms with E-state index in [0.717, 1.165) is 24.3 Å². The summed E-state index contributed by atoms with van der Waals surface area (Å²) in [6.45, 7) is 0. The first-order chi connectivity index (χ1) is 12.5. The molecule has 2 aromatic carbocycles. The van der Waals surface area contributed by atoms with Crippen LogP contribution < -0.4 is 4.74 Å². The summed E-state index contributed by atoms with van der Waals surface area (Å²) in [5.74, 6) is -3.75. The quantitative estimate of drug-likeness (QED) is 0.280. The van der Waals surface area contributed by atoms with Gasteiger partial charge in [-0.25, -0.2) is 4.18 Å². The Bertz CT molecular complexity index is 978. The minimum atomic E-state index is -5.08. The van der Waals surface area contributed by atoms with Gasteiger partial charge < -0.3 is 35.4 Å². The van der Waals surface area contributed by atoms with E-state index >= 15 is 0 Å². The van der Waals surface area contributed by atoms with Crippen molar-refractivity contribution in [1.82, 2.24) is 0 Å². The van der Waals surface area contributed by atoms with E-state index in [1.54, 1.807) is 0 Å². The van der Waals surface area contributed by atoms with Crippen LogP contribution in [0.15, 0.2) is 24.3 Å². The van der Waals surface area contributed by atoms with Crippen LogP contribution in [-0.4, -0.2) is 49.7 Å². The molecule has 27 heavy (non-hydrogen) atoms. The molecule has 0 saturated carbocycles. The molecule has 11 nitrogen and oxygen atoms in total. The molecule has 1 aliphatic heterocycles. The van der Waals surface area contributed by atoms with Gasteiger partial charge in [0.1, 0.15) is 29.5 Å². The van der Waals surface area contributed by atoms with Gasteiger partial charge >= 0.3 is 10.4 Å². The molecule has 0 aliphatic carbocycles. The third-order valence-electron chi connectivity index (χ3n) is 3.91. The van der Waals surface area contributed by atoms with Crippen LogP contribution in [0.25, 0.3) is 0 Å². The second kappa shape index (κ2) is 6.35. The van der Waals surface area contributed by atoms with Gasteiger partial charge in [-0.05, 0) is 12.1 Å². The number of aliphatic hydroxyl groups excluding tert-OH is 1. The van der Waals surface area contributed by atoms with Crippen LogP contribution in [0.1, 0.15) is 23.3 Å². The Balaban J connectivity index is 2.16.